The number of pyridine rings is 1. The summed E-state index contributed by atoms with van der Waals surface area (Å²) >= 11 is 0. The molecule has 6 nitrogen and oxygen atoms in total. The minimum Gasteiger partial charge on any atom is -0.461 e. The summed E-state index contributed by atoms with van der Waals surface area (Å²) in [6.07, 6.45) is 3.37. The Hall–Kier alpha value is -3.67. The Morgan fingerprint density at radius 2 is 1.73 bits per heavy atom. The first kappa shape index (κ1) is 21.0. The lowest BCUT2D eigenvalue weighted by molar-refractivity contribution is -0.145. The molecule has 0 saturated carbocycles. The fourth-order valence-corrected chi connectivity index (χ4v) is 2.88. The van der Waals surface area contributed by atoms with Crippen molar-refractivity contribution >= 4 is 11.9 Å². The van der Waals surface area contributed by atoms with Crippen LogP contribution in [0.5, 0.6) is 11.5 Å². The number of aromatic nitrogens is 1. The number of aryl methyl sites for hydroxylation is 1. The molecular formula is C24H24N2O4. The summed E-state index contributed by atoms with van der Waals surface area (Å²) in [7, 11) is 0. The number of amides is 1. The van der Waals surface area contributed by atoms with E-state index in [9.17, 15) is 9.59 Å². The second kappa shape index (κ2) is 10.2. The van der Waals surface area contributed by atoms with Gasteiger partial charge in [0.25, 0.3) is 0 Å². The van der Waals surface area contributed by atoms with Crippen molar-refractivity contribution in [1.82, 2.24) is 10.3 Å². The van der Waals surface area contributed by atoms with Crippen LogP contribution in [0.15, 0.2) is 73.1 Å². The SMILES string of the molecule is CC(=O)N[C@H](CC(=O)OCc1ccc(Oc2cccnc2)cc1)c1ccc(C)cc1. The maximum absolute atomic E-state index is 12.4. The molecule has 0 unspecified atom stereocenters. The summed E-state index contributed by atoms with van der Waals surface area (Å²) in [5, 5.41) is 2.81. The first-order valence-electron chi connectivity index (χ1n) is 9.66. The molecule has 1 aromatic heterocycles. The zero-order chi connectivity index (χ0) is 21.3. The Morgan fingerprint density at radius 3 is 2.37 bits per heavy atom. The van der Waals surface area contributed by atoms with E-state index in [0.29, 0.717) is 11.5 Å². The van der Waals surface area contributed by atoms with Gasteiger partial charge < -0.3 is 14.8 Å². The summed E-state index contributed by atoms with van der Waals surface area (Å²) in [4.78, 5) is 27.9. The molecule has 0 aliphatic rings. The molecule has 30 heavy (non-hydrogen) atoms. The van der Waals surface area contributed by atoms with E-state index >= 15 is 0 Å². The molecule has 2 aromatic carbocycles. The minimum absolute atomic E-state index is 0.0604. The molecule has 1 amide bonds. The molecule has 1 N–H and O–H groups in total. The molecule has 3 aromatic rings. The molecule has 6 heteroatoms. The Morgan fingerprint density at radius 1 is 1.00 bits per heavy atom. The van der Waals surface area contributed by atoms with E-state index in [1.807, 2.05) is 61.5 Å². The molecule has 3 rings (SSSR count). The highest BCUT2D eigenvalue weighted by Gasteiger charge is 2.18. The quantitative estimate of drug-likeness (QED) is 0.560. The van der Waals surface area contributed by atoms with Crippen LogP contribution in [-0.2, 0) is 20.9 Å². The monoisotopic (exact) mass is 404 g/mol. The summed E-state index contributed by atoms with van der Waals surface area (Å²) in [5.41, 5.74) is 2.82. The molecule has 0 saturated heterocycles. The van der Waals surface area contributed by atoms with Crippen LogP contribution in [0.25, 0.3) is 0 Å². The van der Waals surface area contributed by atoms with Crippen LogP contribution in [0.4, 0.5) is 0 Å². The second-order valence-electron chi connectivity index (χ2n) is 6.96. The van der Waals surface area contributed by atoms with E-state index in [0.717, 1.165) is 16.7 Å². The van der Waals surface area contributed by atoms with Crippen molar-refractivity contribution in [2.45, 2.75) is 32.9 Å². The van der Waals surface area contributed by atoms with Gasteiger partial charge in [-0.05, 0) is 42.3 Å². The number of hydrogen-bond acceptors (Lipinski definition) is 5. The Labute approximate surface area is 175 Å². The fraction of sp³-hybridized carbons (Fsp3) is 0.208. The van der Waals surface area contributed by atoms with E-state index in [2.05, 4.69) is 10.3 Å². The van der Waals surface area contributed by atoms with Gasteiger partial charge in [-0.3, -0.25) is 14.6 Å². The van der Waals surface area contributed by atoms with Gasteiger partial charge in [0, 0.05) is 13.1 Å². The predicted molar refractivity (Wildman–Crippen MR) is 113 cm³/mol. The Kier molecular flexibility index (Phi) is 7.16. The van der Waals surface area contributed by atoms with Gasteiger partial charge in [0.1, 0.15) is 18.1 Å². The second-order valence-corrected chi connectivity index (χ2v) is 6.96. The van der Waals surface area contributed by atoms with Crippen LogP contribution in [-0.4, -0.2) is 16.9 Å². The average molecular weight is 404 g/mol. The van der Waals surface area contributed by atoms with Crippen molar-refractivity contribution < 1.29 is 19.1 Å². The van der Waals surface area contributed by atoms with Crippen molar-refractivity contribution in [3.8, 4) is 11.5 Å². The normalized spacial score (nSPS) is 11.4. The number of benzene rings is 2. The van der Waals surface area contributed by atoms with Crippen LogP contribution in [0.1, 0.15) is 36.1 Å². The van der Waals surface area contributed by atoms with Gasteiger partial charge in [0.2, 0.25) is 5.91 Å². The van der Waals surface area contributed by atoms with Gasteiger partial charge in [-0.1, -0.05) is 42.0 Å². The van der Waals surface area contributed by atoms with Gasteiger partial charge >= 0.3 is 5.97 Å². The van der Waals surface area contributed by atoms with Crippen molar-refractivity contribution in [3.63, 3.8) is 0 Å². The minimum atomic E-state index is -0.425. The molecular weight excluding hydrogens is 380 g/mol. The van der Waals surface area contributed by atoms with Crippen molar-refractivity contribution in [3.05, 3.63) is 89.7 Å². The zero-order valence-electron chi connectivity index (χ0n) is 17.0. The lowest BCUT2D eigenvalue weighted by Crippen LogP contribution is -2.28. The predicted octanol–water partition coefficient (Wildman–Crippen LogP) is 4.49. The molecule has 0 radical (unpaired) electrons. The van der Waals surface area contributed by atoms with E-state index in [-0.39, 0.29) is 24.9 Å². The highest BCUT2D eigenvalue weighted by atomic mass is 16.5. The van der Waals surface area contributed by atoms with E-state index in [1.54, 1.807) is 18.5 Å². The maximum Gasteiger partial charge on any atom is 0.308 e. The van der Waals surface area contributed by atoms with Crippen LogP contribution in [0.2, 0.25) is 0 Å². The average Bonchev–Trinajstić information content (AvgIpc) is 2.74. The molecule has 1 atom stereocenters. The smallest absolute Gasteiger partial charge is 0.308 e. The van der Waals surface area contributed by atoms with Crippen molar-refractivity contribution in [1.29, 1.82) is 0 Å². The fourth-order valence-electron chi connectivity index (χ4n) is 2.88. The number of nitrogens with one attached hydrogen (secondary N) is 1. The van der Waals surface area contributed by atoms with Crippen LogP contribution >= 0.6 is 0 Å². The topological polar surface area (TPSA) is 77.5 Å². The third-order valence-electron chi connectivity index (χ3n) is 4.42. The van der Waals surface area contributed by atoms with E-state index in [1.165, 1.54) is 6.92 Å². The number of carbonyl (C=O) groups excluding carboxylic acids is 2. The number of ether oxygens (including phenoxy) is 2. The van der Waals surface area contributed by atoms with E-state index < -0.39 is 6.04 Å². The first-order valence-corrected chi connectivity index (χ1v) is 9.66. The van der Waals surface area contributed by atoms with Crippen LogP contribution in [0, 0.1) is 6.92 Å². The van der Waals surface area contributed by atoms with Crippen LogP contribution in [0.3, 0.4) is 0 Å². The van der Waals surface area contributed by atoms with Gasteiger partial charge in [-0.15, -0.1) is 0 Å². The third kappa shape index (κ3) is 6.44. The highest BCUT2D eigenvalue weighted by molar-refractivity contribution is 5.76. The molecule has 0 bridgehead atoms. The molecule has 0 spiro atoms. The highest BCUT2D eigenvalue weighted by Crippen LogP contribution is 2.22. The van der Waals surface area contributed by atoms with Gasteiger partial charge in [-0.2, -0.15) is 0 Å². The van der Waals surface area contributed by atoms with Crippen LogP contribution < -0.4 is 10.1 Å². The number of nitrogens with zero attached hydrogens (tertiary/aromatic N) is 1. The first-order chi connectivity index (χ1) is 14.5. The van der Waals surface area contributed by atoms with E-state index in [4.69, 9.17) is 9.47 Å². The summed E-state index contributed by atoms with van der Waals surface area (Å²) in [5.74, 6) is 0.738. The van der Waals surface area contributed by atoms with Crippen molar-refractivity contribution in [2.24, 2.45) is 0 Å². The third-order valence-corrected chi connectivity index (χ3v) is 4.42. The van der Waals surface area contributed by atoms with Gasteiger partial charge in [0.15, 0.2) is 0 Å². The molecule has 0 fully saturated rings. The maximum atomic E-state index is 12.4. The standard InChI is InChI=1S/C24H24N2O4/c1-17-5-9-20(10-6-17)23(26-18(2)27)14-24(28)29-16-19-7-11-21(12-8-19)30-22-4-3-13-25-15-22/h3-13,15,23H,14,16H2,1-2H3,(H,26,27)/t23-/m1/s1. The number of hydrogen-bond donors (Lipinski definition) is 1. The molecule has 1 heterocycles. The largest absolute Gasteiger partial charge is 0.461 e. The summed E-state index contributed by atoms with van der Waals surface area (Å²) in [6, 6.07) is 18.2. The van der Waals surface area contributed by atoms with Gasteiger partial charge in [0.05, 0.1) is 18.7 Å². The number of esters is 1. The lowest BCUT2D eigenvalue weighted by Gasteiger charge is -2.18. The van der Waals surface area contributed by atoms with Gasteiger partial charge in [-0.25, -0.2) is 0 Å². The zero-order valence-corrected chi connectivity index (χ0v) is 17.0. The molecule has 0 aliphatic carbocycles. The summed E-state index contributed by atoms with van der Waals surface area (Å²) in [6.45, 7) is 3.56. The Balaban J connectivity index is 1.54. The lowest BCUT2D eigenvalue weighted by atomic mass is 10.0. The molecule has 154 valence electrons. The summed E-state index contributed by atoms with van der Waals surface area (Å²) < 4.78 is 11.1. The van der Waals surface area contributed by atoms with Crippen molar-refractivity contribution in [2.75, 3.05) is 0 Å². The molecule has 0 aliphatic heterocycles. The number of rotatable bonds is 8. The Bertz CT molecular complexity index is 970. The number of carbonyl (C=O) groups is 2.